The molecule has 0 fully saturated rings. The van der Waals surface area contributed by atoms with Gasteiger partial charge in [0, 0.05) is 13.1 Å². The Labute approximate surface area is 132 Å². The van der Waals surface area contributed by atoms with Crippen molar-refractivity contribution in [2.24, 2.45) is 28.0 Å². The van der Waals surface area contributed by atoms with Crippen LogP contribution in [-0.4, -0.2) is 18.1 Å². The molecule has 0 rings (SSSR count). The van der Waals surface area contributed by atoms with Gasteiger partial charge in [-0.2, -0.15) is 0 Å². The highest BCUT2D eigenvalue weighted by Gasteiger charge is 2.18. The van der Waals surface area contributed by atoms with Crippen molar-refractivity contribution in [3.05, 3.63) is 4.91 Å². The van der Waals surface area contributed by atoms with Crippen LogP contribution >= 0.6 is 0 Å². The van der Waals surface area contributed by atoms with E-state index >= 15 is 0 Å². The molecule has 0 aliphatic carbocycles. The van der Waals surface area contributed by atoms with Crippen LogP contribution in [0.1, 0.15) is 81.1 Å². The van der Waals surface area contributed by atoms with Crippen LogP contribution in [0, 0.1) is 27.6 Å². The highest BCUT2D eigenvalue weighted by Crippen LogP contribution is 2.27. The Morgan fingerprint density at radius 1 is 0.810 bits per heavy atom. The zero-order valence-corrected chi connectivity index (χ0v) is 15.7. The van der Waals surface area contributed by atoms with E-state index in [-0.39, 0.29) is 0 Å². The number of nitrogens with zero attached hydrogens (tertiary/aromatic N) is 2. The van der Waals surface area contributed by atoms with Crippen molar-refractivity contribution in [2.75, 3.05) is 13.1 Å². The van der Waals surface area contributed by atoms with E-state index in [1.54, 1.807) is 5.01 Å². The van der Waals surface area contributed by atoms with Gasteiger partial charge in [0.15, 0.2) is 0 Å². The van der Waals surface area contributed by atoms with Crippen LogP contribution in [0.2, 0.25) is 0 Å². The first-order chi connectivity index (χ1) is 9.43. The largest absolute Gasteiger partial charge is 0.261 e. The molecule has 0 spiro atoms. The van der Waals surface area contributed by atoms with E-state index in [2.05, 4.69) is 60.7 Å². The van der Waals surface area contributed by atoms with Crippen LogP contribution in [0.3, 0.4) is 0 Å². The van der Waals surface area contributed by atoms with Crippen LogP contribution in [0.5, 0.6) is 0 Å². The third-order valence-corrected chi connectivity index (χ3v) is 3.80. The van der Waals surface area contributed by atoms with Crippen molar-refractivity contribution in [2.45, 2.75) is 81.1 Å². The molecule has 2 atom stereocenters. The van der Waals surface area contributed by atoms with Gasteiger partial charge in [0.05, 0.1) is 5.29 Å². The lowest BCUT2D eigenvalue weighted by molar-refractivity contribution is 0.210. The Balaban J connectivity index is 4.04. The zero-order chi connectivity index (χ0) is 16.7. The molecule has 0 aromatic rings. The Hall–Kier alpha value is -0.600. The summed E-state index contributed by atoms with van der Waals surface area (Å²) in [7, 11) is 0. The molecule has 0 heterocycles. The lowest BCUT2D eigenvalue weighted by Crippen LogP contribution is -2.24. The van der Waals surface area contributed by atoms with Gasteiger partial charge in [0.25, 0.3) is 0 Å². The Kier molecular flexibility index (Phi) is 8.50. The van der Waals surface area contributed by atoms with Crippen molar-refractivity contribution in [1.82, 2.24) is 5.01 Å². The molecule has 0 bridgehead atoms. The lowest BCUT2D eigenvalue weighted by atomic mass is 9.84. The van der Waals surface area contributed by atoms with Crippen LogP contribution in [0.4, 0.5) is 0 Å². The molecule has 3 heteroatoms. The molecule has 0 aromatic carbocycles. The van der Waals surface area contributed by atoms with Gasteiger partial charge >= 0.3 is 0 Å². The smallest absolute Gasteiger partial charge is 0.0523 e. The van der Waals surface area contributed by atoms with Gasteiger partial charge in [-0.1, -0.05) is 55.4 Å². The summed E-state index contributed by atoms with van der Waals surface area (Å²) in [5.74, 6) is 1.28. The first kappa shape index (κ1) is 20.4. The quantitative estimate of drug-likeness (QED) is 0.392. The molecule has 0 saturated carbocycles. The number of hydrogen-bond acceptors (Lipinski definition) is 2. The average Bonchev–Trinajstić information content (AvgIpc) is 2.24. The van der Waals surface area contributed by atoms with Gasteiger partial charge in [-0.15, -0.1) is 4.91 Å². The summed E-state index contributed by atoms with van der Waals surface area (Å²) in [5.41, 5.74) is 0.722. The van der Waals surface area contributed by atoms with Gasteiger partial charge in [0.1, 0.15) is 0 Å². The van der Waals surface area contributed by atoms with Crippen LogP contribution < -0.4 is 0 Å². The van der Waals surface area contributed by atoms with Crippen molar-refractivity contribution in [1.29, 1.82) is 0 Å². The Morgan fingerprint density at radius 3 is 1.38 bits per heavy atom. The maximum absolute atomic E-state index is 11.0. The van der Waals surface area contributed by atoms with E-state index in [4.69, 9.17) is 0 Å². The van der Waals surface area contributed by atoms with Gasteiger partial charge in [-0.25, -0.2) is 0 Å². The summed E-state index contributed by atoms with van der Waals surface area (Å²) >= 11 is 0. The zero-order valence-electron chi connectivity index (χ0n) is 15.7. The van der Waals surface area contributed by atoms with E-state index in [9.17, 15) is 4.91 Å². The molecule has 0 radical (unpaired) electrons. The molecule has 0 saturated heterocycles. The lowest BCUT2D eigenvalue weighted by Gasteiger charge is -2.26. The van der Waals surface area contributed by atoms with E-state index < -0.39 is 0 Å². The monoisotopic (exact) mass is 298 g/mol. The third-order valence-electron chi connectivity index (χ3n) is 3.80. The highest BCUT2D eigenvalue weighted by atomic mass is 16.3. The van der Waals surface area contributed by atoms with E-state index in [1.807, 2.05) is 0 Å². The molecule has 21 heavy (non-hydrogen) atoms. The second kappa shape index (κ2) is 8.75. The van der Waals surface area contributed by atoms with Crippen LogP contribution in [0.15, 0.2) is 5.29 Å². The predicted octanol–water partition coefficient (Wildman–Crippen LogP) is 5.89. The topological polar surface area (TPSA) is 32.7 Å². The fourth-order valence-corrected chi connectivity index (χ4v) is 3.23. The van der Waals surface area contributed by atoms with Crippen molar-refractivity contribution in [3.63, 3.8) is 0 Å². The first-order valence-electron chi connectivity index (χ1n) is 8.51. The molecule has 0 aromatic heterocycles. The molecular formula is C18H38N2O. The van der Waals surface area contributed by atoms with Gasteiger partial charge < -0.3 is 0 Å². The summed E-state index contributed by atoms with van der Waals surface area (Å²) < 4.78 is 0. The number of rotatable bonds is 9. The summed E-state index contributed by atoms with van der Waals surface area (Å²) in [6.45, 7) is 19.8. The summed E-state index contributed by atoms with van der Waals surface area (Å²) in [5, 5.41) is 4.93. The molecule has 0 amide bonds. The molecule has 0 aliphatic rings. The molecular weight excluding hydrogens is 260 g/mol. The third kappa shape index (κ3) is 12.8. The van der Waals surface area contributed by atoms with Crippen molar-refractivity contribution >= 4 is 0 Å². The average molecular weight is 299 g/mol. The summed E-state index contributed by atoms with van der Waals surface area (Å²) in [6, 6.07) is 0. The number of nitroso groups, excluding NO2 is 1. The maximum Gasteiger partial charge on any atom is 0.0523 e. The second-order valence-corrected chi connectivity index (χ2v) is 9.35. The fraction of sp³-hybridized carbons (Fsp3) is 1.00. The normalized spacial score (nSPS) is 15.6. The van der Waals surface area contributed by atoms with Crippen molar-refractivity contribution < 1.29 is 0 Å². The predicted molar refractivity (Wildman–Crippen MR) is 93.1 cm³/mol. The van der Waals surface area contributed by atoms with Gasteiger partial charge in [-0.3, -0.25) is 5.01 Å². The molecule has 126 valence electrons. The Bertz CT molecular complexity index is 263. The SMILES string of the molecule is C[C@@H](CCN(CC[C@H](C)CC(C)(C)C)N=O)CC(C)(C)C. The van der Waals surface area contributed by atoms with E-state index in [0.29, 0.717) is 22.7 Å². The number of hydrogen-bond donors (Lipinski definition) is 0. The maximum atomic E-state index is 11.0. The van der Waals surface area contributed by atoms with E-state index in [0.717, 1.165) is 25.9 Å². The summed E-state index contributed by atoms with van der Waals surface area (Å²) in [6.07, 6.45) is 4.49. The van der Waals surface area contributed by atoms with Crippen LogP contribution in [0.25, 0.3) is 0 Å². The minimum absolute atomic E-state index is 0.361. The molecule has 3 nitrogen and oxygen atoms in total. The standard InChI is InChI=1S/C18H38N2O/c1-15(13-17(3,4)5)9-11-20(19-21)12-10-16(2)14-18(6,7)8/h15-16H,9-14H2,1-8H3/t15-,16-/m0/s1. The molecule has 0 N–H and O–H groups in total. The van der Waals surface area contributed by atoms with Gasteiger partial charge in [0.2, 0.25) is 0 Å². The Morgan fingerprint density at radius 2 is 1.14 bits per heavy atom. The molecule has 0 unspecified atom stereocenters. The second-order valence-electron chi connectivity index (χ2n) is 9.35. The minimum Gasteiger partial charge on any atom is -0.261 e. The van der Waals surface area contributed by atoms with Gasteiger partial charge in [-0.05, 0) is 48.3 Å². The highest BCUT2D eigenvalue weighted by molar-refractivity contribution is 4.69. The first-order valence-corrected chi connectivity index (χ1v) is 8.51. The summed E-state index contributed by atoms with van der Waals surface area (Å²) in [4.78, 5) is 11.0. The molecule has 0 aliphatic heterocycles. The van der Waals surface area contributed by atoms with Crippen LogP contribution in [-0.2, 0) is 0 Å². The minimum atomic E-state index is 0.361. The van der Waals surface area contributed by atoms with E-state index in [1.165, 1.54) is 12.8 Å². The van der Waals surface area contributed by atoms with Crippen molar-refractivity contribution in [3.8, 4) is 0 Å². The fourth-order valence-electron chi connectivity index (χ4n) is 3.23.